The summed E-state index contributed by atoms with van der Waals surface area (Å²) >= 11 is 0. The first-order valence-electron chi connectivity index (χ1n) is 10.7. The second-order valence-corrected chi connectivity index (χ2v) is 8.59. The van der Waals surface area contributed by atoms with Gasteiger partial charge < -0.3 is 9.97 Å². The van der Waals surface area contributed by atoms with E-state index in [1.807, 2.05) is 61.1 Å². The van der Waals surface area contributed by atoms with Crippen molar-refractivity contribution in [1.82, 2.24) is 19.7 Å². The Morgan fingerprint density at radius 3 is 2.48 bits per heavy atom. The van der Waals surface area contributed by atoms with Gasteiger partial charge in [0.05, 0.1) is 11.1 Å². The van der Waals surface area contributed by atoms with Gasteiger partial charge in [-0.25, -0.2) is 0 Å². The molecule has 0 bridgehead atoms. The number of fused-ring (bicyclic) bond motifs is 1. The number of rotatable bonds is 4. The molecular weight excluding hydrogens is 587 g/mol. The number of pyridine rings is 2. The first-order valence-corrected chi connectivity index (χ1v) is 10.7. The molecule has 5 aromatic rings. The second kappa shape index (κ2) is 9.03. The normalized spacial score (nSPS) is 11.4. The Morgan fingerprint density at radius 1 is 0.848 bits per heavy atom. The number of hydrogen-bond donors (Lipinski definition) is 0. The summed E-state index contributed by atoms with van der Waals surface area (Å²) in [5, 5.41) is 7.23. The molecule has 0 atom stereocenters. The number of aromatic nitrogens is 4. The molecule has 5 heteroatoms. The topological polar surface area (TPSA) is 43.6 Å². The molecule has 0 saturated carbocycles. The summed E-state index contributed by atoms with van der Waals surface area (Å²) in [5.41, 5.74) is 6.18. The van der Waals surface area contributed by atoms with Crippen molar-refractivity contribution in [2.75, 3.05) is 0 Å². The van der Waals surface area contributed by atoms with Gasteiger partial charge >= 0.3 is 21.1 Å². The summed E-state index contributed by atoms with van der Waals surface area (Å²) in [6.45, 7) is 8.29. The van der Waals surface area contributed by atoms with Crippen LogP contribution in [0.2, 0.25) is 0 Å². The van der Waals surface area contributed by atoms with Crippen molar-refractivity contribution >= 4 is 10.8 Å². The van der Waals surface area contributed by atoms with Crippen LogP contribution in [0.3, 0.4) is 0 Å². The van der Waals surface area contributed by atoms with Gasteiger partial charge in [0.1, 0.15) is 0 Å². The summed E-state index contributed by atoms with van der Waals surface area (Å²) in [7, 11) is 0. The van der Waals surface area contributed by atoms with E-state index < -0.39 is 0 Å². The predicted octanol–water partition coefficient (Wildman–Crippen LogP) is 6.02. The van der Waals surface area contributed by atoms with Crippen LogP contribution in [0.1, 0.15) is 36.6 Å². The maximum atomic E-state index is 4.99. The summed E-state index contributed by atoms with van der Waals surface area (Å²) in [4.78, 5) is 9.56. The SMILES string of the molecule is Cc1c[c-]c(-c2cccc(C(C)(C)c3ccn(-c4[c-]ccc5ccccc45)n3)n2)c(C)n1.[Pt+2]. The molecule has 0 N–H and O–H groups in total. The molecule has 0 fully saturated rings. The van der Waals surface area contributed by atoms with E-state index in [9.17, 15) is 0 Å². The zero-order valence-corrected chi connectivity index (χ0v) is 21.3. The van der Waals surface area contributed by atoms with Gasteiger partial charge in [0.15, 0.2) is 0 Å². The largest absolute Gasteiger partial charge is 2.00 e. The molecule has 5 rings (SSSR count). The van der Waals surface area contributed by atoms with Crippen molar-refractivity contribution in [1.29, 1.82) is 0 Å². The van der Waals surface area contributed by atoms with Crippen molar-refractivity contribution in [3.05, 3.63) is 108 Å². The van der Waals surface area contributed by atoms with Gasteiger partial charge in [-0.2, -0.15) is 23.3 Å². The number of benzene rings is 2. The average Bonchev–Trinajstić information content (AvgIpc) is 3.30. The zero-order valence-electron chi connectivity index (χ0n) is 19.0. The Morgan fingerprint density at radius 2 is 1.67 bits per heavy atom. The molecule has 0 radical (unpaired) electrons. The van der Waals surface area contributed by atoms with Crippen LogP contribution in [-0.4, -0.2) is 19.7 Å². The third-order valence-corrected chi connectivity index (χ3v) is 5.93. The standard InChI is InChI=1S/C28H24N4.Pt/c1-19-15-16-22(20(2)29-19)24-12-8-14-26(30-24)28(3,4)27-17-18-32(31-27)25-13-7-10-21-9-5-6-11-23(21)25;/h5-12,14-15,17-18H,1-4H3;/q-2;+2. The number of hydrogen-bond acceptors (Lipinski definition) is 3. The Bertz CT molecular complexity index is 1430. The van der Waals surface area contributed by atoms with Gasteiger partial charge in [-0.05, 0) is 48.7 Å². The fraction of sp³-hybridized carbons (Fsp3) is 0.179. The van der Waals surface area contributed by atoms with Gasteiger partial charge in [0.2, 0.25) is 0 Å². The van der Waals surface area contributed by atoms with E-state index >= 15 is 0 Å². The fourth-order valence-corrected chi connectivity index (χ4v) is 4.06. The summed E-state index contributed by atoms with van der Waals surface area (Å²) < 4.78 is 1.91. The first kappa shape index (κ1) is 23.1. The molecule has 166 valence electrons. The maximum Gasteiger partial charge on any atom is 2.00 e. The minimum atomic E-state index is -0.377. The van der Waals surface area contributed by atoms with Crippen LogP contribution in [0.25, 0.3) is 27.7 Å². The number of nitrogens with zero attached hydrogens (tertiary/aromatic N) is 4. The van der Waals surface area contributed by atoms with Crippen LogP contribution in [0.5, 0.6) is 0 Å². The van der Waals surface area contributed by atoms with E-state index in [2.05, 4.69) is 61.3 Å². The molecule has 0 spiro atoms. The van der Waals surface area contributed by atoms with Crippen molar-refractivity contribution < 1.29 is 21.1 Å². The fourth-order valence-electron chi connectivity index (χ4n) is 4.06. The molecule has 3 aromatic heterocycles. The molecule has 0 amide bonds. The minimum Gasteiger partial charge on any atom is -0.354 e. The van der Waals surface area contributed by atoms with Crippen LogP contribution >= 0.6 is 0 Å². The number of aryl methyl sites for hydroxylation is 2. The van der Waals surface area contributed by atoms with Gasteiger partial charge in [-0.3, -0.25) is 4.68 Å². The Labute approximate surface area is 209 Å². The molecule has 0 aliphatic heterocycles. The first-order chi connectivity index (χ1) is 15.4. The molecule has 0 unspecified atom stereocenters. The van der Waals surface area contributed by atoms with E-state index in [0.29, 0.717) is 0 Å². The Balaban J connectivity index is 0.00000259. The summed E-state index contributed by atoms with van der Waals surface area (Å²) in [5.74, 6) is 0. The smallest absolute Gasteiger partial charge is 0.354 e. The molecule has 0 aliphatic carbocycles. The third kappa shape index (κ3) is 4.28. The minimum absolute atomic E-state index is 0. The predicted molar refractivity (Wildman–Crippen MR) is 128 cm³/mol. The molecule has 2 aromatic carbocycles. The van der Waals surface area contributed by atoms with Crippen molar-refractivity contribution in [3.63, 3.8) is 0 Å². The van der Waals surface area contributed by atoms with Crippen LogP contribution < -0.4 is 0 Å². The van der Waals surface area contributed by atoms with Gasteiger partial charge in [0, 0.05) is 11.9 Å². The molecule has 4 nitrogen and oxygen atoms in total. The monoisotopic (exact) mass is 611 g/mol. The quantitative estimate of drug-likeness (QED) is 0.234. The van der Waals surface area contributed by atoms with E-state index in [-0.39, 0.29) is 26.5 Å². The van der Waals surface area contributed by atoms with E-state index in [1.165, 1.54) is 5.39 Å². The van der Waals surface area contributed by atoms with Crippen LogP contribution in [-0.2, 0) is 26.5 Å². The van der Waals surface area contributed by atoms with Crippen molar-refractivity contribution in [2.24, 2.45) is 0 Å². The molecule has 0 aliphatic rings. The van der Waals surface area contributed by atoms with E-state index in [4.69, 9.17) is 10.1 Å². The zero-order chi connectivity index (χ0) is 22.3. The van der Waals surface area contributed by atoms with Crippen LogP contribution in [0.4, 0.5) is 0 Å². The molecule has 0 saturated heterocycles. The summed E-state index contributed by atoms with van der Waals surface area (Å²) in [6, 6.07) is 29.1. The van der Waals surface area contributed by atoms with Crippen molar-refractivity contribution in [3.8, 4) is 16.9 Å². The molecule has 3 heterocycles. The van der Waals surface area contributed by atoms with Crippen LogP contribution in [0.15, 0.2) is 72.9 Å². The van der Waals surface area contributed by atoms with Gasteiger partial charge in [-0.1, -0.05) is 44.2 Å². The van der Waals surface area contributed by atoms with Gasteiger partial charge in [0.25, 0.3) is 0 Å². The Hall–Kier alpha value is -3.10. The Kier molecular flexibility index (Phi) is 6.32. The average molecular weight is 612 g/mol. The second-order valence-electron chi connectivity index (χ2n) is 8.59. The van der Waals surface area contributed by atoms with Gasteiger partial charge in [-0.15, -0.1) is 34.5 Å². The van der Waals surface area contributed by atoms with E-state index in [1.54, 1.807) is 0 Å². The van der Waals surface area contributed by atoms with Crippen molar-refractivity contribution in [2.45, 2.75) is 33.1 Å². The molecular formula is C28H24N4Pt. The molecule has 33 heavy (non-hydrogen) atoms. The third-order valence-electron chi connectivity index (χ3n) is 5.93. The van der Waals surface area contributed by atoms with E-state index in [0.717, 1.165) is 45.1 Å². The maximum absolute atomic E-state index is 4.99. The van der Waals surface area contributed by atoms with Crippen LogP contribution in [0, 0.1) is 26.0 Å². The summed E-state index contributed by atoms with van der Waals surface area (Å²) in [6.07, 6.45) is 2.00.